The number of carboxylic acids is 1. The van der Waals surface area contributed by atoms with E-state index in [4.69, 9.17) is 5.11 Å². The fourth-order valence-electron chi connectivity index (χ4n) is 5.58. The van der Waals surface area contributed by atoms with E-state index >= 15 is 0 Å². The number of quaternary nitrogens is 1. The number of unbranched alkanes of at least 4 members (excludes halogenated alkanes) is 13. The molecule has 1 N–H and O–H groups in total. The molecule has 3 aromatic rings. The molecule has 4 heteroatoms. The van der Waals surface area contributed by atoms with E-state index in [0.717, 1.165) is 22.2 Å². The summed E-state index contributed by atoms with van der Waals surface area (Å²) in [4.78, 5) is 10.8. The normalized spacial score (nSPS) is 11.1. The van der Waals surface area contributed by atoms with Crippen LogP contribution in [0.1, 0.15) is 124 Å². The van der Waals surface area contributed by atoms with Crippen LogP contribution in [0, 0.1) is 0 Å². The summed E-state index contributed by atoms with van der Waals surface area (Å²) in [6.07, 6.45) is 20.8. The predicted octanol–water partition coefficient (Wildman–Crippen LogP) is 9.79. The van der Waals surface area contributed by atoms with Crippen LogP contribution in [0.25, 0.3) is 0 Å². The predicted molar refractivity (Wildman–Crippen MR) is 180 cm³/mol. The highest BCUT2D eigenvalue weighted by Crippen LogP contribution is 2.18. The Balaban J connectivity index is 0.000000326. The monoisotopic (exact) mass is 587 g/mol. The molecule has 0 aliphatic carbocycles. The van der Waals surface area contributed by atoms with E-state index < -0.39 is 11.7 Å². The summed E-state index contributed by atoms with van der Waals surface area (Å²) in [5.74, 6) is -1.63. The number of nitrogens with zero attached hydrogens (tertiary/aromatic N) is 1. The SMILES string of the molecule is CCCCCCCCCCCCCCCC[N+](C)(C)Cc1ccccc1.O=C(O)c1cc(Cc2ccccc2)ccc1[O-]. The Labute approximate surface area is 262 Å². The van der Waals surface area contributed by atoms with Crippen molar-refractivity contribution in [3.05, 3.63) is 101 Å². The second-order valence-electron chi connectivity index (χ2n) is 12.7. The molecule has 0 amide bonds. The molecule has 0 unspecified atom stereocenters. The molecule has 0 aromatic heterocycles. The first-order valence-corrected chi connectivity index (χ1v) is 16.7. The van der Waals surface area contributed by atoms with Crippen molar-refractivity contribution in [2.24, 2.45) is 0 Å². The third kappa shape index (κ3) is 16.9. The molecule has 0 heterocycles. The van der Waals surface area contributed by atoms with E-state index in [1.807, 2.05) is 30.3 Å². The zero-order valence-corrected chi connectivity index (χ0v) is 27.2. The average Bonchev–Trinajstić information content (AvgIpc) is 2.99. The van der Waals surface area contributed by atoms with Crippen molar-refractivity contribution >= 4 is 5.97 Å². The molecular formula is C39H57NO3. The van der Waals surface area contributed by atoms with Crippen molar-refractivity contribution in [1.29, 1.82) is 0 Å². The van der Waals surface area contributed by atoms with Gasteiger partial charge in [0.2, 0.25) is 0 Å². The Morgan fingerprint density at radius 1 is 0.628 bits per heavy atom. The van der Waals surface area contributed by atoms with Crippen LogP contribution in [0.4, 0.5) is 0 Å². The molecule has 0 bridgehead atoms. The molecule has 0 aliphatic heterocycles. The minimum absolute atomic E-state index is 0.168. The molecule has 0 atom stereocenters. The van der Waals surface area contributed by atoms with Gasteiger partial charge in [-0.1, -0.05) is 163 Å². The van der Waals surface area contributed by atoms with Crippen LogP contribution in [-0.4, -0.2) is 36.2 Å². The van der Waals surface area contributed by atoms with Gasteiger partial charge in [0.25, 0.3) is 0 Å². The number of aromatic carboxylic acids is 1. The van der Waals surface area contributed by atoms with Gasteiger partial charge in [-0.2, -0.15) is 0 Å². The van der Waals surface area contributed by atoms with Gasteiger partial charge in [0.05, 0.1) is 26.2 Å². The molecule has 43 heavy (non-hydrogen) atoms. The van der Waals surface area contributed by atoms with Crippen molar-refractivity contribution in [2.75, 3.05) is 20.6 Å². The molecule has 236 valence electrons. The summed E-state index contributed by atoms with van der Waals surface area (Å²) < 4.78 is 1.11. The largest absolute Gasteiger partial charge is 0.872 e. The summed E-state index contributed by atoms with van der Waals surface area (Å²) in [5, 5.41) is 20.1. The van der Waals surface area contributed by atoms with Gasteiger partial charge in [-0.3, -0.25) is 0 Å². The highest BCUT2D eigenvalue weighted by Gasteiger charge is 2.14. The topological polar surface area (TPSA) is 60.4 Å². The van der Waals surface area contributed by atoms with Gasteiger partial charge in [-0.25, -0.2) is 4.79 Å². The highest BCUT2D eigenvalue weighted by atomic mass is 16.4. The van der Waals surface area contributed by atoms with E-state index in [0.29, 0.717) is 6.42 Å². The maximum absolute atomic E-state index is 11.3. The molecule has 3 rings (SSSR count). The van der Waals surface area contributed by atoms with Gasteiger partial charge in [-0.05, 0) is 36.5 Å². The van der Waals surface area contributed by atoms with E-state index in [1.54, 1.807) is 6.07 Å². The Kier molecular flexibility index (Phi) is 18.1. The van der Waals surface area contributed by atoms with Crippen LogP contribution < -0.4 is 5.11 Å². The van der Waals surface area contributed by atoms with Gasteiger partial charge >= 0.3 is 5.97 Å². The lowest BCUT2D eigenvalue weighted by molar-refractivity contribution is -0.903. The number of carboxylic acid groups (broad SMARTS) is 1. The highest BCUT2D eigenvalue weighted by molar-refractivity contribution is 5.90. The molecule has 0 saturated heterocycles. The molecule has 4 nitrogen and oxygen atoms in total. The summed E-state index contributed by atoms with van der Waals surface area (Å²) in [6.45, 7) is 4.75. The minimum Gasteiger partial charge on any atom is -0.872 e. The number of carbonyl (C=O) groups is 1. The molecule has 3 aromatic carbocycles. The van der Waals surface area contributed by atoms with Gasteiger partial charge < -0.3 is 14.7 Å². The third-order valence-corrected chi connectivity index (χ3v) is 8.10. The first-order valence-electron chi connectivity index (χ1n) is 16.7. The van der Waals surface area contributed by atoms with Crippen molar-refractivity contribution in [3.63, 3.8) is 0 Å². The molecule has 0 spiro atoms. The fraction of sp³-hybridized carbons (Fsp3) is 0.513. The van der Waals surface area contributed by atoms with Gasteiger partial charge in [0, 0.05) is 5.56 Å². The smallest absolute Gasteiger partial charge is 0.335 e. The molecule has 0 radical (unpaired) electrons. The Hall–Kier alpha value is -3.11. The lowest BCUT2D eigenvalue weighted by atomic mass is 10.0. The summed E-state index contributed by atoms with van der Waals surface area (Å²) in [5.41, 5.74) is 3.21. The Bertz CT molecular complexity index is 1130. The quantitative estimate of drug-likeness (QED) is 0.106. The van der Waals surface area contributed by atoms with Crippen LogP contribution in [0.3, 0.4) is 0 Å². The zero-order chi connectivity index (χ0) is 31.2. The van der Waals surface area contributed by atoms with E-state index in [2.05, 4.69) is 51.4 Å². The Morgan fingerprint density at radius 3 is 1.58 bits per heavy atom. The number of rotatable bonds is 20. The molecule has 0 aliphatic rings. The zero-order valence-electron chi connectivity index (χ0n) is 27.2. The second-order valence-corrected chi connectivity index (χ2v) is 12.7. The van der Waals surface area contributed by atoms with Crippen LogP contribution in [0.5, 0.6) is 5.75 Å². The summed E-state index contributed by atoms with van der Waals surface area (Å²) in [6, 6.07) is 25.0. The van der Waals surface area contributed by atoms with Crippen LogP contribution in [0.2, 0.25) is 0 Å². The molecule has 0 fully saturated rings. The van der Waals surface area contributed by atoms with Crippen molar-refractivity contribution in [3.8, 4) is 5.75 Å². The first kappa shape index (κ1) is 36.1. The maximum Gasteiger partial charge on any atom is 0.335 e. The molecule has 0 saturated carbocycles. The van der Waals surface area contributed by atoms with E-state index in [-0.39, 0.29) is 5.56 Å². The second kappa shape index (κ2) is 21.6. The third-order valence-electron chi connectivity index (χ3n) is 8.10. The van der Waals surface area contributed by atoms with Crippen molar-refractivity contribution < 1.29 is 19.5 Å². The molecular weight excluding hydrogens is 530 g/mol. The van der Waals surface area contributed by atoms with Gasteiger partial charge in [0.1, 0.15) is 6.54 Å². The van der Waals surface area contributed by atoms with Crippen molar-refractivity contribution in [1.82, 2.24) is 0 Å². The fourth-order valence-corrected chi connectivity index (χ4v) is 5.58. The van der Waals surface area contributed by atoms with Gasteiger partial charge in [-0.15, -0.1) is 0 Å². The average molecular weight is 588 g/mol. The van der Waals surface area contributed by atoms with Crippen molar-refractivity contribution in [2.45, 2.75) is 110 Å². The minimum atomic E-state index is -1.18. The number of hydrogen-bond acceptors (Lipinski definition) is 2. The lowest BCUT2D eigenvalue weighted by Gasteiger charge is -2.30. The van der Waals surface area contributed by atoms with Crippen LogP contribution >= 0.6 is 0 Å². The maximum atomic E-state index is 11.3. The van der Waals surface area contributed by atoms with E-state index in [1.165, 1.54) is 114 Å². The standard InChI is InChI=1S/C25H46N.C14H12O3/c1-4-5-6-7-8-9-10-11-12-13-14-15-16-20-23-26(2,3)24-25-21-18-17-19-22-25;15-13-7-6-11(9-12(13)14(16)17)8-10-4-2-1-3-5-10/h17-19,21-22H,4-16,20,23-24H2,1-3H3;1-7,9,15H,8H2,(H,16,17)/q+1;/p-1. The lowest BCUT2D eigenvalue weighted by Crippen LogP contribution is -2.39. The number of benzene rings is 3. The number of hydrogen-bond donors (Lipinski definition) is 1. The van der Waals surface area contributed by atoms with Crippen LogP contribution in [-0.2, 0) is 13.0 Å². The Morgan fingerprint density at radius 2 is 1.09 bits per heavy atom. The first-order chi connectivity index (χ1) is 20.8. The van der Waals surface area contributed by atoms with E-state index in [9.17, 15) is 9.90 Å². The summed E-state index contributed by atoms with van der Waals surface area (Å²) >= 11 is 0. The van der Waals surface area contributed by atoms with Gasteiger partial charge in [0.15, 0.2) is 0 Å². The van der Waals surface area contributed by atoms with Crippen LogP contribution in [0.15, 0.2) is 78.9 Å². The summed E-state index contributed by atoms with van der Waals surface area (Å²) in [7, 11) is 4.74.